The molecule has 0 spiro atoms. The maximum Gasteiger partial charge on any atom is 0.407 e. The molecule has 1 amide bonds. The molecule has 2 N–H and O–H groups in total. The summed E-state index contributed by atoms with van der Waals surface area (Å²) in [7, 11) is 0. The topological polar surface area (TPSA) is 52.6 Å². The Hall–Kier alpha value is -0.480. The molecule has 0 aromatic heterocycles. The van der Waals surface area contributed by atoms with Gasteiger partial charge in [-0.05, 0) is 11.8 Å². The Kier molecular flexibility index (Phi) is 5.38. The van der Waals surface area contributed by atoms with Crippen molar-refractivity contribution >= 4 is 18.5 Å². The van der Waals surface area contributed by atoms with Gasteiger partial charge in [0.1, 0.15) is 0 Å². The van der Waals surface area contributed by atoms with Gasteiger partial charge in [-0.15, -0.1) is 12.4 Å². The van der Waals surface area contributed by atoms with E-state index in [9.17, 15) is 4.79 Å². The summed E-state index contributed by atoms with van der Waals surface area (Å²) in [5.41, 5.74) is 0.178. The Labute approximate surface area is 97.4 Å². The molecule has 15 heavy (non-hydrogen) atoms. The van der Waals surface area contributed by atoms with Crippen molar-refractivity contribution < 1.29 is 9.90 Å². The van der Waals surface area contributed by atoms with Gasteiger partial charge in [-0.1, -0.05) is 20.8 Å². The van der Waals surface area contributed by atoms with Gasteiger partial charge in [0.15, 0.2) is 0 Å². The van der Waals surface area contributed by atoms with E-state index in [0.717, 1.165) is 19.5 Å². The third-order valence-corrected chi connectivity index (χ3v) is 2.44. The van der Waals surface area contributed by atoms with Crippen molar-refractivity contribution in [3.8, 4) is 0 Å². The second-order valence-corrected chi connectivity index (χ2v) is 5.10. The number of carboxylic acid groups (broad SMARTS) is 1. The highest BCUT2D eigenvalue weighted by atomic mass is 35.5. The molecule has 0 aromatic carbocycles. The first-order valence-electron chi connectivity index (χ1n) is 5.10. The smallest absolute Gasteiger partial charge is 0.407 e. The largest absolute Gasteiger partial charge is 0.465 e. The van der Waals surface area contributed by atoms with Gasteiger partial charge in [-0.2, -0.15) is 0 Å². The zero-order chi connectivity index (χ0) is 10.8. The van der Waals surface area contributed by atoms with Crippen molar-refractivity contribution in [2.24, 2.45) is 5.41 Å². The maximum atomic E-state index is 10.9. The molecule has 5 heteroatoms. The van der Waals surface area contributed by atoms with Crippen LogP contribution in [0.4, 0.5) is 4.79 Å². The molecule has 0 unspecified atom stereocenters. The minimum atomic E-state index is -0.791. The van der Waals surface area contributed by atoms with E-state index < -0.39 is 6.09 Å². The molecule has 4 nitrogen and oxygen atoms in total. The lowest BCUT2D eigenvalue weighted by atomic mass is 9.87. The number of nitrogens with zero attached hydrogens (tertiary/aromatic N) is 1. The highest BCUT2D eigenvalue weighted by Gasteiger charge is 2.29. The fourth-order valence-electron chi connectivity index (χ4n) is 1.90. The molecule has 1 atom stereocenters. The van der Waals surface area contributed by atoms with E-state index in [0.29, 0.717) is 6.54 Å². The normalized spacial score (nSPS) is 22.1. The summed E-state index contributed by atoms with van der Waals surface area (Å²) < 4.78 is 0. The van der Waals surface area contributed by atoms with Crippen LogP contribution >= 0.6 is 12.4 Å². The summed E-state index contributed by atoms with van der Waals surface area (Å²) in [4.78, 5) is 12.5. The van der Waals surface area contributed by atoms with Crippen molar-refractivity contribution in [2.45, 2.75) is 33.2 Å². The number of nitrogens with one attached hydrogen (secondary N) is 1. The number of hydrogen-bond acceptors (Lipinski definition) is 2. The zero-order valence-corrected chi connectivity index (χ0v) is 10.4. The molecule has 1 rings (SSSR count). The van der Waals surface area contributed by atoms with E-state index in [1.807, 2.05) is 0 Å². The second kappa shape index (κ2) is 5.56. The van der Waals surface area contributed by atoms with Crippen LogP contribution in [-0.4, -0.2) is 41.8 Å². The van der Waals surface area contributed by atoms with Gasteiger partial charge in [-0.3, -0.25) is 0 Å². The quantitative estimate of drug-likeness (QED) is 0.730. The SMILES string of the molecule is CC(C)(C)C[C@H]1CNCCN1C(=O)O.Cl. The van der Waals surface area contributed by atoms with Gasteiger partial charge >= 0.3 is 6.09 Å². The predicted molar refractivity (Wildman–Crippen MR) is 62.7 cm³/mol. The average Bonchev–Trinajstić information content (AvgIpc) is 2.01. The van der Waals surface area contributed by atoms with Gasteiger partial charge < -0.3 is 15.3 Å². The first-order chi connectivity index (χ1) is 6.40. The molecular formula is C10H21ClN2O2. The standard InChI is InChI=1S/C10H20N2O2.ClH/c1-10(2,3)6-8-7-11-4-5-12(8)9(13)14;/h8,11H,4-7H2,1-3H3,(H,13,14);1H/t8-;/m0./s1. The van der Waals surface area contributed by atoms with E-state index in [1.165, 1.54) is 0 Å². The van der Waals surface area contributed by atoms with Gasteiger partial charge in [0.05, 0.1) is 0 Å². The molecule has 1 saturated heterocycles. The Bertz CT molecular complexity index is 216. The Balaban J connectivity index is 0.00000196. The van der Waals surface area contributed by atoms with E-state index >= 15 is 0 Å². The first kappa shape index (κ1) is 14.5. The lowest BCUT2D eigenvalue weighted by molar-refractivity contribution is 0.0958. The molecular weight excluding hydrogens is 216 g/mol. The van der Waals surface area contributed by atoms with E-state index in [-0.39, 0.29) is 23.9 Å². The second-order valence-electron chi connectivity index (χ2n) is 5.10. The van der Waals surface area contributed by atoms with Crippen molar-refractivity contribution in [3.63, 3.8) is 0 Å². The minimum Gasteiger partial charge on any atom is -0.465 e. The number of hydrogen-bond donors (Lipinski definition) is 2. The zero-order valence-electron chi connectivity index (χ0n) is 9.62. The van der Waals surface area contributed by atoms with E-state index in [1.54, 1.807) is 4.90 Å². The summed E-state index contributed by atoms with van der Waals surface area (Å²) in [6.07, 6.45) is 0.118. The summed E-state index contributed by atoms with van der Waals surface area (Å²) >= 11 is 0. The van der Waals surface area contributed by atoms with Crippen LogP contribution < -0.4 is 5.32 Å². The van der Waals surface area contributed by atoms with Crippen molar-refractivity contribution in [1.29, 1.82) is 0 Å². The van der Waals surface area contributed by atoms with Gasteiger partial charge in [0, 0.05) is 25.7 Å². The summed E-state index contributed by atoms with van der Waals surface area (Å²) in [6.45, 7) is 8.58. The molecule has 1 aliphatic rings. The molecule has 0 aliphatic carbocycles. The van der Waals surface area contributed by atoms with Crippen LogP contribution in [0.3, 0.4) is 0 Å². The van der Waals surface area contributed by atoms with Crippen LogP contribution in [0.15, 0.2) is 0 Å². The fraction of sp³-hybridized carbons (Fsp3) is 0.900. The van der Waals surface area contributed by atoms with E-state index in [4.69, 9.17) is 5.11 Å². The van der Waals surface area contributed by atoms with Gasteiger partial charge in [0.25, 0.3) is 0 Å². The van der Waals surface area contributed by atoms with Crippen LogP contribution in [-0.2, 0) is 0 Å². The number of piperazine rings is 1. The highest BCUT2D eigenvalue weighted by Crippen LogP contribution is 2.24. The molecule has 0 aromatic rings. The Morgan fingerprint density at radius 1 is 1.53 bits per heavy atom. The van der Waals surface area contributed by atoms with Gasteiger partial charge in [-0.25, -0.2) is 4.79 Å². The van der Waals surface area contributed by atoms with Gasteiger partial charge in [0.2, 0.25) is 0 Å². The summed E-state index contributed by atoms with van der Waals surface area (Å²) in [5.74, 6) is 0. The molecule has 1 fully saturated rings. The summed E-state index contributed by atoms with van der Waals surface area (Å²) in [5, 5.41) is 12.2. The number of carbonyl (C=O) groups is 1. The van der Waals surface area contributed by atoms with E-state index in [2.05, 4.69) is 26.1 Å². The third-order valence-electron chi connectivity index (χ3n) is 2.44. The van der Waals surface area contributed by atoms with Crippen molar-refractivity contribution in [1.82, 2.24) is 10.2 Å². The molecule has 0 bridgehead atoms. The first-order valence-corrected chi connectivity index (χ1v) is 5.10. The predicted octanol–water partition coefficient (Wildman–Crippen LogP) is 1.80. The molecule has 1 aliphatic heterocycles. The monoisotopic (exact) mass is 236 g/mol. The maximum absolute atomic E-state index is 10.9. The van der Waals surface area contributed by atoms with Crippen molar-refractivity contribution in [2.75, 3.05) is 19.6 Å². The van der Waals surface area contributed by atoms with Crippen LogP contribution in [0.25, 0.3) is 0 Å². The fourth-order valence-corrected chi connectivity index (χ4v) is 1.90. The lowest BCUT2D eigenvalue weighted by Crippen LogP contribution is -2.54. The van der Waals surface area contributed by atoms with Crippen LogP contribution in [0, 0.1) is 5.41 Å². The van der Waals surface area contributed by atoms with Crippen molar-refractivity contribution in [3.05, 3.63) is 0 Å². The molecule has 0 saturated carbocycles. The van der Waals surface area contributed by atoms with Crippen LogP contribution in [0.5, 0.6) is 0 Å². The molecule has 1 heterocycles. The average molecular weight is 237 g/mol. The highest BCUT2D eigenvalue weighted by molar-refractivity contribution is 5.85. The molecule has 90 valence electrons. The number of rotatable bonds is 1. The Morgan fingerprint density at radius 2 is 2.13 bits per heavy atom. The summed E-state index contributed by atoms with van der Waals surface area (Å²) in [6, 6.07) is 0.126. The van der Waals surface area contributed by atoms with Crippen LogP contribution in [0.2, 0.25) is 0 Å². The number of halogens is 1. The Morgan fingerprint density at radius 3 is 2.60 bits per heavy atom. The number of amides is 1. The van der Waals surface area contributed by atoms with Crippen LogP contribution in [0.1, 0.15) is 27.2 Å². The third kappa shape index (κ3) is 4.71. The lowest BCUT2D eigenvalue weighted by Gasteiger charge is -2.37. The molecule has 0 radical (unpaired) electrons. The minimum absolute atomic E-state index is 0.